The van der Waals surface area contributed by atoms with Crippen molar-refractivity contribution in [1.29, 1.82) is 0 Å². The molecular formula is C19H21NO. The zero-order valence-corrected chi connectivity index (χ0v) is 12.2. The van der Waals surface area contributed by atoms with Crippen molar-refractivity contribution in [2.45, 2.75) is 37.6 Å². The SMILES string of the molecule is NC1CCCc2cc(OCC3Cc4ccccc43)ccc21. The summed E-state index contributed by atoms with van der Waals surface area (Å²) in [5, 5.41) is 0. The molecule has 2 heteroatoms. The van der Waals surface area contributed by atoms with E-state index in [1.807, 2.05) is 0 Å². The molecule has 0 radical (unpaired) electrons. The highest BCUT2D eigenvalue weighted by molar-refractivity contribution is 5.41. The molecule has 108 valence electrons. The van der Waals surface area contributed by atoms with Gasteiger partial charge in [0, 0.05) is 12.0 Å². The van der Waals surface area contributed by atoms with E-state index in [1.54, 1.807) is 0 Å². The fraction of sp³-hybridized carbons (Fsp3) is 0.368. The van der Waals surface area contributed by atoms with Gasteiger partial charge in [-0.25, -0.2) is 0 Å². The van der Waals surface area contributed by atoms with Crippen LogP contribution < -0.4 is 10.5 Å². The van der Waals surface area contributed by atoms with E-state index in [4.69, 9.17) is 10.5 Å². The maximum absolute atomic E-state index is 6.16. The summed E-state index contributed by atoms with van der Waals surface area (Å²) in [6.45, 7) is 0.780. The van der Waals surface area contributed by atoms with Gasteiger partial charge in [0.05, 0.1) is 6.61 Å². The molecule has 2 aromatic rings. The Morgan fingerprint density at radius 1 is 1.05 bits per heavy atom. The fourth-order valence-electron chi connectivity index (χ4n) is 3.63. The molecule has 0 heterocycles. The third-order valence-electron chi connectivity index (χ3n) is 4.89. The minimum absolute atomic E-state index is 0.210. The first-order chi connectivity index (χ1) is 10.3. The first kappa shape index (κ1) is 12.9. The van der Waals surface area contributed by atoms with Crippen LogP contribution in [0, 0.1) is 0 Å². The predicted octanol–water partition coefficient (Wildman–Crippen LogP) is 3.74. The predicted molar refractivity (Wildman–Crippen MR) is 84.7 cm³/mol. The van der Waals surface area contributed by atoms with E-state index in [1.165, 1.54) is 28.7 Å². The van der Waals surface area contributed by atoms with Crippen molar-refractivity contribution in [3.05, 3.63) is 64.7 Å². The van der Waals surface area contributed by atoms with E-state index in [9.17, 15) is 0 Å². The number of nitrogens with two attached hydrogens (primary N) is 1. The normalized spacial score (nSPS) is 22.9. The van der Waals surface area contributed by atoms with Crippen LogP contribution in [-0.2, 0) is 12.8 Å². The van der Waals surface area contributed by atoms with E-state index in [2.05, 4.69) is 42.5 Å². The number of benzene rings is 2. The number of aryl methyl sites for hydroxylation is 1. The Balaban J connectivity index is 1.45. The molecule has 0 saturated carbocycles. The van der Waals surface area contributed by atoms with Crippen molar-refractivity contribution in [3.63, 3.8) is 0 Å². The van der Waals surface area contributed by atoms with Crippen LogP contribution in [0.15, 0.2) is 42.5 Å². The highest BCUT2D eigenvalue weighted by atomic mass is 16.5. The second kappa shape index (κ2) is 5.19. The molecule has 0 aliphatic heterocycles. The lowest BCUT2D eigenvalue weighted by Gasteiger charge is -2.30. The highest BCUT2D eigenvalue weighted by Crippen LogP contribution is 2.36. The van der Waals surface area contributed by atoms with Gasteiger partial charge in [0.25, 0.3) is 0 Å². The number of fused-ring (bicyclic) bond motifs is 2. The van der Waals surface area contributed by atoms with Crippen molar-refractivity contribution in [1.82, 2.24) is 0 Å². The largest absolute Gasteiger partial charge is 0.493 e. The Bertz CT molecular complexity index is 664. The van der Waals surface area contributed by atoms with Gasteiger partial charge in [-0.2, -0.15) is 0 Å². The molecular weight excluding hydrogens is 258 g/mol. The van der Waals surface area contributed by atoms with Crippen molar-refractivity contribution in [2.75, 3.05) is 6.61 Å². The Morgan fingerprint density at radius 2 is 1.95 bits per heavy atom. The van der Waals surface area contributed by atoms with Crippen LogP contribution in [0.5, 0.6) is 5.75 Å². The topological polar surface area (TPSA) is 35.2 Å². The Labute approximate surface area is 125 Å². The first-order valence-corrected chi connectivity index (χ1v) is 7.90. The zero-order valence-electron chi connectivity index (χ0n) is 12.2. The molecule has 2 nitrogen and oxygen atoms in total. The van der Waals surface area contributed by atoms with Crippen LogP contribution in [0.4, 0.5) is 0 Å². The first-order valence-electron chi connectivity index (χ1n) is 7.90. The quantitative estimate of drug-likeness (QED) is 0.929. The molecule has 2 aromatic carbocycles. The van der Waals surface area contributed by atoms with Gasteiger partial charge in [-0.05, 0) is 60.1 Å². The van der Waals surface area contributed by atoms with E-state index in [0.717, 1.165) is 31.6 Å². The lowest BCUT2D eigenvalue weighted by molar-refractivity contribution is 0.275. The molecule has 2 N–H and O–H groups in total. The molecule has 0 aromatic heterocycles. The lowest BCUT2D eigenvalue weighted by Crippen LogP contribution is -2.23. The number of hydrogen-bond acceptors (Lipinski definition) is 2. The maximum atomic E-state index is 6.16. The lowest BCUT2D eigenvalue weighted by atomic mass is 9.78. The average Bonchev–Trinajstić information content (AvgIpc) is 2.48. The third-order valence-corrected chi connectivity index (χ3v) is 4.89. The standard InChI is InChI=1S/C19H21NO/c20-19-7-3-5-14-11-16(8-9-18(14)19)21-12-15-10-13-4-1-2-6-17(13)15/h1-2,4,6,8-9,11,15,19H,3,5,7,10,12,20H2. The van der Waals surface area contributed by atoms with Crippen molar-refractivity contribution < 1.29 is 4.74 Å². The fourth-order valence-corrected chi connectivity index (χ4v) is 3.63. The minimum atomic E-state index is 0.210. The molecule has 2 unspecified atom stereocenters. The van der Waals surface area contributed by atoms with E-state index >= 15 is 0 Å². The Kier molecular flexibility index (Phi) is 3.19. The summed E-state index contributed by atoms with van der Waals surface area (Å²) in [5.41, 5.74) is 11.8. The van der Waals surface area contributed by atoms with Gasteiger partial charge in [0.2, 0.25) is 0 Å². The van der Waals surface area contributed by atoms with Crippen molar-refractivity contribution in [2.24, 2.45) is 5.73 Å². The van der Waals surface area contributed by atoms with Gasteiger partial charge in [0.1, 0.15) is 5.75 Å². The third kappa shape index (κ3) is 2.34. The van der Waals surface area contributed by atoms with Crippen molar-refractivity contribution >= 4 is 0 Å². The Hall–Kier alpha value is -1.80. The van der Waals surface area contributed by atoms with E-state index < -0.39 is 0 Å². The smallest absolute Gasteiger partial charge is 0.119 e. The van der Waals surface area contributed by atoms with Crippen LogP contribution in [0.2, 0.25) is 0 Å². The number of hydrogen-bond donors (Lipinski definition) is 1. The molecule has 4 rings (SSSR count). The van der Waals surface area contributed by atoms with Gasteiger partial charge < -0.3 is 10.5 Å². The molecule has 2 atom stereocenters. The van der Waals surface area contributed by atoms with Gasteiger partial charge in [-0.3, -0.25) is 0 Å². The summed E-state index contributed by atoms with van der Waals surface area (Å²) in [5.74, 6) is 1.55. The van der Waals surface area contributed by atoms with Gasteiger partial charge >= 0.3 is 0 Å². The molecule has 2 aliphatic carbocycles. The second-order valence-corrected chi connectivity index (χ2v) is 6.27. The second-order valence-electron chi connectivity index (χ2n) is 6.27. The summed E-state index contributed by atoms with van der Waals surface area (Å²) in [6, 6.07) is 15.3. The van der Waals surface area contributed by atoms with E-state index in [-0.39, 0.29) is 6.04 Å². The molecule has 2 aliphatic rings. The van der Waals surface area contributed by atoms with Crippen LogP contribution in [-0.4, -0.2) is 6.61 Å². The maximum Gasteiger partial charge on any atom is 0.119 e. The van der Waals surface area contributed by atoms with Gasteiger partial charge in [0.15, 0.2) is 0 Å². The monoisotopic (exact) mass is 279 g/mol. The zero-order chi connectivity index (χ0) is 14.2. The molecule has 0 bridgehead atoms. The van der Waals surface area contributed by atoms with Crippen LogP contribution >= 0.6 is 0 Å². The molecule has 0 amide bonds. The van der Waals surface area contributed by atoms with Gasteiger partial charge in [-0.15, -0.1) is 0 Å². The van der Waals surface area contributed by atoms with Crippen molar-refractivity contribution in [3.8, 4) is 5.75 Å². The highest BCUT2D eigenvalue weighted by Gasteiger charge is 2.26. The van der Waals surface area contributed by atoms with Crippen LogP contribution in [0.25, 0.3) is 0 Å². The summed E-state index contributed by atoms with van der Waals surface area (Å²) >= 11 is 0. The number of rotatable bonds is 3. The van der Waals surface area contributed by atoms with E-state index in [0.29, 0.717) is 5.92 Å². The number of ether oxygens (including phenoxy) is 1. The summed E-state index contributed by atoms with van der Waals surface area (Å²) in [4.78, 5) is 0. The van der Waals surface area contributed by atoms with Gasteiger partial charge in [-0.1, -0.05) is 30.3 Å². The Morgan fingerprint density at radius 3 is 2.86 bits per heavy atom. The molecule has 0 spiro atoms. The van der Waals surface area contributed by atoms with Crippen LogP contribution in [0.1, 0.15) is 47.1 Å². The summed E-state index contributed by atoms with van der Waals surface area (Å²) < 4.78 is 6.03. The summed E-state index contributed by atoms with van der Waals surface area (Å²) in [6.07, 6.45) is 4.57. The molecule has 0 saturated heterocycles. The molecule has 21 heavy (non-hydrogen) atoms. The average molecular weight is 279 g/mol. The van der Waals surface area contributed by atoms with Crippen LogP contribution in [0.3, 0.4) is 0 Å². The summed E-state index contributed by atoms with van der Waals surface area (Å²) in [7, 11) is 0. The molecule has 0 fully saturated rings. The minimum Gasteiger partial charge on any atom is -0.493 e.